The zero-order valence-electron chi connectivity index (χ0n) is 16.4. The molecule has 5 nitrogen and oxygen atoms in total. The first kappa shape index (κ1) is 18.8. The maximum absolute atomic E-state index is 13.3. The maximum atomic E-state index is 13.3. The number of para-hydroxylation sites is 1. The summed E-state index contributed by atoms with van der Waals surface area (Å²) in [6, 6.07) is 15.8. The molecule has 0 aliphatic carbocycles. The summed E-state index contributed by atoms with van der Waals surface area (Å²) < 4.78 is 11.7. The topological polar surface area (TPSA) is 50.8 Å². The Kier molecular flexibility index (Phi) is 5.81. The number of nitrogens with one attached hydrogen (secondary N) is 1. The predicted octanol–water partition coefficient (Wildman–Crippen LogP) is 4.61. The van der Waals surface area contributed by atoms with Gasteiger partial charge in [0.2, 0.25) is 0 Å². The van der Waals surface area contributed by atoms with Crippen LogP contribution in [-0.4, -0.2) is 36.7 Å². The quantitative estimate of drug-likeness (QED) is 0.713. The fourth-order valence-electron chi connectivity index (χ4n) is 3.86. The van der Waals surface area contributed by atoms with Gasteiger partial charge in [0.15, 0.2) is 0 Å². The Morgan fingerprint density at radius 1 is 1.21 bits per heavy atom. The van der Waals surface area contributed by atoms with Crippen molar-refractivity contribution in [2.45, 2.75) is 44.9 Å². The van der Waals surface area contributed by atoms with Crippen LogP contribution in [0.1, 0.15) is 54.7 Å². The van der Waals surface area contributed by atoms with Crippen LogP contribution < -0.4 is 10.1 Å². The summed E-state index contributed by atoms with van der Waals surface area (Å²) in [5.74, 6) is 0.892. The van der Waals surface area contributed by atoms with Crippen molar-refractivity contribution in [1.82, 2.24) is 4.90 Å². The molecule has 1 saturated heterocycles. The Morgan fingerprint density at radius 3 is 2.93 bits per heavy atom. The minimum absolute atomic E-state index is 0.0483. The second-order valence-corrected chi connectivity index (χ2v) is 7.46. The lowest BCUT2D eigenvalue weighted by molar-refractivity contribution is 0.0426. The maximum Gasteiger partial charge on any atom is 0.257 e. The SMILES string of the molecule is CCCCOc1cccc(C2Nc3ccccc3C(=O)N2CC2CCCO2)c1. The van der Waals surface area contributed by atoms with E-state index in [0.717, 1.165) is 49.3 Å². The zero-order valence-corrected chi connectivity index (χ0v) is 16.4. The smallest absolute Gasteiger partial charge is 0.257 e. The van der Waals surface area contributed by atoms with Crippen LogP contribution in [0.2, 0.25) is 0 Å². The molecule has 2 heterocycles. The molecule has 2 atom stereocenters. The summed E-state index contributed by atoms with van der Waals surface area (Å²) in [7, 11) is 0. The molecule has 0 radical (unpaired) electrons. The Hall–Kier alpha value is -2.53. The molecule has 2 aromatic carbocycles. The van der Waals surface area contributed by atoms with Crippen molar-refractivity contribution in [2.24, 2.45) is 0 Å². The average molecular weight is 380 g/mol. The monoisotopic (exact) mass is 380 g/mol. The minimum Gasteiger partial charge on any atom is -0.494 e. The molecule has 28 heavy (non-hydrogen) atoms. The van der Waals surface area contributed by atoms with Gasteiger partial charge in [0, 0.05) is 18.8 Å². The minimum atomic E-state index is -0.235. The van der Waals surface area contributed by atoms with Crippen molar-refractivity contribution < 1.29 is 14.3 Å². The lowest BCUT2D eigenvalue weighted by Crippen LogP contribution is -2.46. The third kappa shape index (κ3) is 3.99. The number of amides is 1. The van der Waals surface area contributed by atoms with Gasteiger partial charge >= 0.3 is 0 Å². The Labute approximate surface area is 166 Å². The normalized spacial score (nSPS) is 21.3. The van der Waals surface area contributed by atoms with Crippen molar-refractivity contribution in [1.29, 1.82) is 0 Å². The van der Waals surface area contributed by atoms with E-state index in [1.54, 1.807) is 0 Å². The highest BCUT2D eigenvalue weighted by Crippen LogP contribution is 2.35. The largest absolute Gasteiger partial charge is 0.494 e. The molecular formula is C23H28N2O3. The molecule has 1 amide bonds. The van der Waals surface area contributed by atoms with Crippen LogP contribution in [0.25, 0.3) is 0 Å². The molecule has 5 heteroatoms. The van der Waals surface area contributed by atoms with Crippen molar-refractivity contribution in [3.05, 3.63) is 59.7 Å². The fourth-order valence-corrected chi connectivity index (χ4v) is 3.86. The number of unbranched alkanes of at least 4 members (excludes halogenated alkanes) is 1. The van der Waals surface area contributed by atoms with Crippen LogP contribution in [0.15, 0.2) is 48.5 Å². The molecule has 2 unspecified atom stereocenters. The Bertz CT molecular complexity index is 817. The van der Waals surface area contributed by atoms with Gasteiger partial charge in [0.1, 0.15) is 11.9 Å². The average Bonchev–Trinajstić information content (AvgIpc) is 3.24. The van der Waals surface area contributed by atoms with Crippen LogP contribution in [0.3, 0.4) is 0 Å². The molecule has 0 spiro atoms. The highest BCUT2D eigenvalue weighted by Gasteiger charge is 2.35. The van der Waals surface area contributed by atoms with Crippen LogP contribution in [-0.2, 0) is 4.74 Å². The molecule has 4 rings (SSSR count). The molecular weight excluding hydrogens is 352 g/mol. The van der Waals surface area contributed by atoms with Crippen molar-refractivity contribution >= 4 is 11.6 Å². The molecule has 0 saturated carbocycles. The molecule has 0 bridgehead atoms. The summed E-state index contributed by atoms with van der Waals surface area (Å²) in [5, 5.41) is 3.56. The molecule has 1 fully saturated rings. The fraction of sp³-hybridized carbons (Fsp3) is 0.435. The van der Waals surface area contributed by atoms with E-state index in [2.05, 4.69) is 12.2 Å². The number of carbonyl (C=O) groups is 1. The first-order chi connectivity index (χ1) is 13.8. The summed E-state index contributed by atoms with van der Waals surface area (Å²) in [5.41, 5.74) is 2.61. The third-order valence-corrected chi connectivity index (χ3v) is 5.39. The number of ether oxygens (including phenoxy) is 2. The summed E-state index contributed by atoms with van der Waals surface area (Å²) in [4.78, 5) is 15.2. The van der Waals surface area contributed by atoms with Gasteiger partial charge < -0.3 is 19.7 Å². The van der Waals surface area contributed by atoms with E-state index >= 15 is 0 Å². The predicted molar refractivity (Wildman–Crippen MR) is 110 cm³/mol. The molecule has 2 aliphatic heterocycles. The van der Waals surface area contributed by atoms with E-state index in [4.69, 9.17) is 9.47 Å². The van der Waals surface area contributed by atoms with Gasteiger partial charge in [0.05, 0.1) is 18.3 Å². The van der Waals surface area contributed by atoms with Crippen molar-refractivity contribution in [2.75, 3.05) is 25.1 Å². The van der Waals surface area contributed by atoms with E-state index < -0.39 is 0 Å². The van der Waals surface area contributed by atoms with E-state index in [1.165, 1.54) is 0 Å². The van der Waals surface area contributed by atoms with Gasteiger partial charge in [-0.2, -0.15) is 0 Å². The van der Waals surface area contributed by atoms with Gasteiger partial charge in [-0.25, -0.2) is 0 Å². The van der Waals surface area contributed by atoms with E-state index in [1.807, 2.05) is 53.4 Å². The van der Waals surface area contributed by atoms with Gasteiger partial charge in [-0.1, -0.05) is 37.6 Å². The van der Waals surface area contributed by atoms with Crippen LogP contribution in [0.4, 0.5) is 5.69 Å². The Balaban J connectivity index is 1.62. The number of fused-ring (bicyclic) bond motifs is 1. The van der Waals surface area contributed by atoms with Crippen LogP contribution >= 0.6 is 0 Å². The first-order valence-electron chi connectivity index (χ1n) is 10.3. The van der Waals surface area contributed by atoms with Crippen LogP contribution in [0.5, 0.6) is 5.75 Å². The van der Waals surface area contributed by atoms with E-state index in [-0.39, 0.29) is 18.2 Å². The second-order valence-electron chi connectivity index (χ2n) is 7.46. The Morgan fingerprint density at radius 2 is 2.11 bits per heavy atom. The zero-order chi connectivity index (χ0) is 19.3. The van der Waals surface area contributed by atoms with Gasteiger partial charge in [-0.05, 0) is 49.1 Å². The first-order valence-corrected chi connectivity index (χ1v) is 10.3. The van der Waals surface area contributed by atoms with E-state index in [9.17, 15) is 4.79 Å². The molecule has 2 aromatic rings. The second kappa shape index (κ2) is 8.65. The molecule has 148 valence electrons. The lowest BCUT2D eigenvalue weighted by Gasteiger charge is -2.39. The summed E-state index contributed by atoms with van der Waals surface area (Å²) in [6.07, 6.45) is 4.05. The van der Waals surface area contributed by atoms with Crippen molar-refractivity contribution in [3.8, 4) is 5.75 Å². The summed E-state index contributed by atoms with van der Waals surface area (Å²) >= 11 is 0. The van der Waals surface area contributed by atoms with Gasteiger partial charge in [0.25, 0.3) is 5.91 Å². The van der Waals surface area contributed by atoms with Crippen molar-refractivity contribution in [3.63, 3.8) is 0 Å². The highest BCUT2D eigenvalue weighted by molar-refractivity contribution is 6.01. The van der Waals surface area contributed by atoms with Crippen LogP contribution in [0, 0.1) is 0 Å². The molecule has 1 N–H and O–H groups in total. The number of benzene rings is 2. The number of nitrogens with zero attached hydrogens (tertiary/aromatic N) is 1. The van der Waals surface area contributed by atoms with E-state index in [0.29, 0.717) is 18.7 Å². The lowest BCUT2D eigenvalue weighted by atomic mass is 10.0. The number of anilines is 1. The standard InChI is InChI=1S/C23H28N2O3/c1-2-3-13-27-18-9-6-8-17(15-18)22-24-21-12-5-4-11-20(21)23(26)25(22)16-19-10-7-14-28-19/h4-6,8-9,11-12,15,19,22,24H,2-3,7,10,13-14,16H2,1H3. The number of carbonyl (C=O) groups excluding carboxylic acids is 1. The van der Waals surface area contributed by atoms with Gasteiger partial charge in [-0.15, -0.1) is 0 Å². The summed E-state index contributed by atoms with van der Waals surface area (Å²) in [6.45, 7) is 4.23. The number of rotatable bonds is 7. The molecule has 0 aromatic heterocycles. The third-order valence-electron chi connectivity index (χ3n) is 5.39. The highest BCUT2D eigenvalue weighted by atomic mass is 16.5. The number of hydrogen-bond donors (Lipinski definition) is 1. The molecule has 2 aliphatic rings. The number of hydrogen-bond acceptors (Lipinski definition) is 4. The van der Waals surface area contributed by atoms with Gasteiger partial charge in [-0.3, -0.25) is 4.79 Å².